The van der Waals surface area contributed by atoms with E-state index < -0.39 is 18.0 Å². The fraction of sp³-hybridized carbons (Fsp3) is 0.316. The molecule has 0 spiro atoms. The monoisotopic (exact) mass is 384 g/mol. The Bertz CT molecular complexity index is 831. The average Bonchev–Trinajstić information content (AvgIpc) is 3.09. The fourth-order valence-electron chi connectivity index (χ4n) is 2.99. The molecule has 0 radical (unpaired) electrons. The third-order valence-corrected chi connectivity index (χ3v) is 4.33. The molecule has 28 heavy (non-hydrogen) atoms. The lowest BCUT2D eigenvalue weighted by molar-refractivity contribution is -0.133. The molecule has 1 saturated heterocycles. The molecule has 2 aromatic rings. The van der Waals surface area contributed by atoms with Crippen molar-refractivity contribution >= 4 is 17.8 Å². The van der Waals surface area contributed by atoms with E-state index in [0.717, 1.165) is 0 Å². The number of rotatable bonds is 7. The van der Waals surface area contributed by atoms with E-state index in [4.69, 9.17) is 15.2 Å². The molecule has 0 aliphatic carbocycles. The lowest BCUT2D eigenvalue weighted by Crippen LogP contribution is -2.34. The van der Waals surface area contributed by atoms with Crippen molar-refractivity contribution in [3.8, 4) is 6.01 Å². The summed E-state index contributed by atoms with van der Waals surface area (Å²) in [6, 6.07) is 10.2. The second kappa shape index (κ2) is 8.94. The van der Waals surface area contributed by atoms with Crippen molar-refractivity contribution in [3.63, 3.8) is 0 Å². The normalized spacial score (nSPS) is 18.5. The summed E-state index contributed by atoms with van der Waals surface area (Å²) in [4.78, 5) is 45.4. The van der Waals surface area contributed by atoms with Gasteiger partial charge >= 0.3 is 12.0 Å². The molecule has 2 amide bonds. The molecule has 1 aliphatic rings. The van der Waals surface area contributed by atoms with Crippen LogP contribution in [0.3, 0.4) is 0 Å². The van der Waals surface area contributed by atoms with E-state index >= 15 is 0 Å². The van der Waals surface area contributed by atoms with Gasteiger partial charge in [-0.05, 0) is 18.2 Å². The summed E-state index contributed by atoms with van der Waals surface area (Å²) in [5.41, 5.74) is 5.71. The third-order valence-electron chi connectivity index (χ3n) is 4.33. The Balaban J connectivity index is 1.62. The fourth-order valence-corrected chi connectivity index (χ4v) is 2.99. The topological polar surface area (TPSA) is 125 Å². The van der Waals surface area contributed by atoms with Crippen LogP contribution in [0.2, 0.25) is 0 Å². The van der Waals surface area contributed by atoms with Crippen molar-refractivity contribution in [2.24, 2.45) is 11.7 Å². The molecule has 0 bridgehead atoms. The first kappa shape index (κ1) is 19.3. The quantitative estimate of drug-likeness (QED) is 0.686. The minimum atomic E-state index is -0.628. The van der Waals surface area contributed by atoms with Crippen LogP contribution in [0.5, 0.6) is 6.01 Å². The predicted octanol–water partition coefficient (Wildman–Crippen LogP) is 0.415. The number of hydrogen-bond donors (Lipinski definition) is 1. The summed E-state index contributed by atoms with van der Waals surface area (Å²) in [6.45, 7) is 0.147. The summed E-state index contributed by atoms with van der Waals surface area (Å²) in [6.07, 6.45) is 2.39. The molecule has 1 aliphatic heterocycles. The maximum atomic E-state index is 12.4. The van der Waals surface area contributed by atoms with Crippen molar-refractivity contribution in [2.75, 3.05) is 19.7 Å². The first-order valence-corrected chi connectivity index (χ1v) is 8.75. The first-order chi connectivity index (χ1) is 13.5. The van der Waals surface area contributed by atoms with Crippen LogP contribution in [0, 0.1) is 5.92 Å². The molecule has 9 heteroatoms. The summed E-state index contributed by atoms with van der Waals surface area (Å²) in [5, 5.41) is 0. The Morgan fingerprint density at radius 3 is 2.46 bits per heavy atom. The van der Waals surface area contributed by atoms with Crippen molar-refractivity contribution in [2.45, 2.75) is 12.5 Å². The van der Waals surface area contributed by atoms with Gasteiger partial charge in [-0.3, -0.25) is 9.59 Å². The number of likely N-dealkylation sites (tertiary alicyclic amines) is 1. The van der Waals surface area contributed by atoms with Crippen LogP contribution in [-0.2, 0) is 14.3 Å². The van der Waals surface area contributed by atoms with Crippen LogP contribution < -0.4 is 10.5 Å². The smallest absolute Gasteiger partial charge is 0.338 e. The van der Waals surface area contributed by atoms with Gasteiger partial charge in [0.2, 0.25) is 5.91 Å². The molecule has 2 N–H and O–H groups in total. The third kappa shape index (κ3) is 5.03. The molecular formula is C19H20N4O5. The van der Waals surface area contributed by atoms with Crippen molar-refractivity contribution < 1.29 is 23.9 Å². The number of nitrogens with two attached hydrogens (primary N) is 1. The van der Waals surface area contributed by atoms with E-state index in [1.54, 1.807) is 36.4 Å². The highest BCUT2D eigenvalue weighted by Gasteiger charge is 2.38. The van der Waals surface area contributed by atoms with E-state index in [-0.39, 0.29) is 44.0 Å². The molecular weight excluding hydrogens is 364 g/mol. The van der Waals surface area contributed by atoms with E-state index in [1.165, 1.54) is 17.3 Å². The number of benzene rings is 1. The number of ether oxygens (including phenoxy) is 2. The number of esters is 1. The maximum absolute atomic E-state index is 12.4. The molecule has 1 fully saturated rings. The van der Waals surface area contributed by atoms with Gasteiger partial charge < -0.3 is 20.1 Å². The van der Waals surface area contributed by atoms with Gasteiger partial charge in [0.25, 0.3) is 5.91 Å². The zero-order valence-electron chi connectivity index (χ0n) is 15.1. The van der Waals surface area contributed by atoms with Gasteiger partial charge in [0.1, 0.15) is 6.10 Å². The maximum Gasteiger partial charge on any atom is 0.338 e. The second-order valence-electron chi connectivity index (χ2n) is 6.36. The number of hydrogen-bond acceptors (Lipinski definition) is 7. The van der Waals surface area contributed by atoms with E-state index in [9.17, 15) is 14.4 Å². The zero-order valence-corrected chi connectivity index (χ0v) is 15.1. The largest absolute Gasteiger partial charge is 0.457 e. The standard InChI is InChI=1S/C19H20N4O5/c20-16(24)9-14-10-23(17(25)12-27-19-21-7-4-8-22-19)11-15(14)28-18(26)13-5-2-1-3-6-13/h1-8,14-15H,9-12H2,(H2,20,24)/t14-,15+/m0/s1. The Labute approximate surface area is 161 Å². The van der Waals surface area contributed by atoms with Gasteiger partial charge in [0.15, 0.2) is 6.61 Å². The van der Waals surface area contributed by atoms with E-state index in [2.05, 4.69) is 9.97 Å². The zero-order chi connectivity index (χ0) is 19.9. The van der Waals surface area contributed by atoms with Crippen LogP contribution in [0.25, 0.3) is 0 Å². The molecule has 146 valence electrons. The van der Waals surface area contributed by atoms with Crippen molar-refractivity contribution in [3.05, 3.63) is 54.4 Å². The molecule has 1 aromatic heterocycles. The van der Waals surface area contributed by atoms with Crippen LogP contribution in [-0.4, -0.2) is 58.5 Å². The van der Waals surface area contributed by atoms with Crippen LogP contribution >= 0.6 is 0 Å². The number of primary amides is 1. The Hall–Kier alpha value is -3.49. The van der Waals surface area contributed by atoms with Crippen molar-refractivity contribution in [1.29, 1.82) is 0 Å². The number of aromatic nitrogens is 2. The highest BCUT2D eigenvalue weighted by Crippen LogP contribution is 2.24. The number of carbonyl (C=O) groups is 3. The number of amides is 2. The van der Waals surface area contributed by atoms with Crippen molar-refractivity contribution in [1.82, 2.24) is 14.9 Å². The lowest BCUT2D eigenvalue weighted by atomic mass is 10.0. The molecule has 9 nitrogen and oxygen atoms in total. The Morgan fingerprint density at radius 1 is 1.07 bits per heavy atom. The lowest BCUT2D eigenvalue weighted by Gasteiger charge is -2.17. The summed E-state index contributed by atoms with van der Waals surface area (Å²) in [7, 11) is 0. The van der Waals surface area contributed by atoms with Crippen LogP contribution in [0.4, 0.5) is 0 Å². The van der Waals surface area contributed by atoms with Gasteiger partial charge in [-0.15, -0.1) is 0 Å². The van der Waals surface area contributed by atoms with Crippen LogP contribution in [0.1, 0.15) is 16.8 Å². The molecule has 2 heterocycles. The van der Waals surface area contributed by atoms with Gasteiger partial charge in [0.05, 0.1) is 12.1 Å². The SMILES string of the molecule is NC(=O)C[C@H]1CN(C(=O)COc2ncccn2)C[C@H]1OC(=O)c1ccccc1. The predicted molar refractivity (Wildman–Crippen MR) is 97.1 cm³/mol. The molecule has 0 saturated carbocycles. The Kier molecular flexibility index (Phi) is 6.15. The van der Waals surface area contributed by atoms with E-state index in [1.807, 2.05) is 0 Å². The van der Waals surface area contributed by atoms with Gasteiger partial charge in [0, 0.05) is 31.3 Å². The molecule has 3 rings (SSSR count). The minimum absolute atomic E-state index is 0.0131. The highest BCUT2D eigenvalue weighted by molar-refractivity contribution is 5.89. The summed E-state index contributed by atoms with van der Waals surface area (Å²) >= 11 is 0. The van der Waals surface area contributed by atoms with Crippen LogP contribution in [0.15, 0.2) is 48.8 Å². The van der Waals surface area contributed by atoms with E-state index in [0.29, 0.717) is 5.56 Å². The average molecular weight is 384 g/mol. The van der Waals surface area contributed by atoms with Gasteiger partial charge in [-0.1, -0.05) is 18.2 Å². The van der Waals surface area contributed by atoms with Gasteiger partial charge in [-0.25, -0.2) is 14.8 Å². The minimum Gasteiger partial charge on any atom is -0.457 e. The summed E-state index contributed by atoms with van der Waals surface area (Å²) in [5.74, 6) is -1.72. The molecule has 1 aromatic carbocycles. The number of nitrogens with zero attached hydrogens (tertiary/aromatic N) is 3. The molecule has 2 atom stereocenters. The number of carbonyl (C=O) groups excluding carboxylic acids is 3. The Morgan fingerprint density at radius 2 is 1.79 bits per heavy atom. The highest BCUT2D eigenvalue weighted by atomic mass is 16.5. The van der Waals surface area contributed by atoms with Gasteiger partial charge in [-0.2, -0.15) is 0 Å². The first-order valence-electron chi connectivity index (χ1n) is 8.75. The second-order valence-corrected chi connectivity index (χ2v) is 6.36. The molecule has 0 unspecified atom stereocenters. The summed E-state index contributed by atoms with van der Waals surface area (Å²) < 4.78 is 10.8.